The lowest BCUT2D eigenvalue weighted by Crippen LogP contribution is -2.50. The van der Waals surface area contributed by atoms with E-state index in [0.717, 1.165) is 12.8 Å². The van der Waals surface area contributed by atoms with Crippen LogP contribution in [0.3, 0.4) is 0 Å². The van der Waals surface area contributed by atoms with Crippen LogP contribution in [0.15, 0.2) is 70.7 Å². The third-order valence-electron chi connectivity index (χ3n) is 7.65. The summed E-state index contributed by atoms with van der Waals surface area (Å²) in [5.41, 5.74) is -0.362. The largest absolute Gasteiger partial charge is 0.497 e. The normalized spacial score (nSPS) is 17.0. The number of sulfonamides is 1. The first-order valence-corrected chi connectivity index (χ1v) is 14.9. The van der Waals surface area contributed by atoms with Crippen LogP contribution in [0.2, 0.25) is 0 Å². The zero-order valence-electron chi connectivity index (χ0n) is 22.4. The summed E-state index contributed by atoms with van der Waals surface area (Å²) in [7, 11) is -2.43. The maximum Gasteiger partial charge on any atom is 0.264 e. The molecule has 1 saturated carbocycles. The predicted molar refractivity (Wildman–Crippen MR) is 150 cm³/mol. The SMILES string of the molecule is COc1cccc(S(=O)(=O)Nc2cccc(-n3ncc4c(=O)n(CC5(O)CCN(C(=O)C6CC6)CC5)cnc43)c2)c1. The molecule has 1 amide bonds. The van der Waals surface area contributed by atoms with Crippen LogP contribution in [0.1, 0.15) is 25.7 Å². The second-order valence-corrected chi connectivity index (χ2v) is 12.3. The fourth-order valence-corrected chi connectivity index (χ4v) is 6.22. The molecule has 1 aliphatic carbocycles. The third-order valence-corrected chi connectivity index (χ3v) is 9.02. The number of amides is 1. The Bertz CT molecular complexity index is 1790. The van der Waals surface area contributed by atoms with E-state index in [4.69, 9.17) is 4.74 Å². The summed E-state index contributed by atoms with van der Waals surface area (Å²) in [6, 6.07) is 12.7. The molecule has 1 aliphatic heterocycles. The molecule has 4 aromatic rings. The van der Waals surface area contributed by atoms with Gasteiger partial charge in [-0.2, -0.15) is 5.10 Å². The van der Waals surface area contributed by atoms with Crippen LogP contribution in [0.5, 0.6) is 5.75 Å². The molecule has 41 heavy (non-hydrogen) atoms. The van der Waals surface area contributed by atoms with Crippen molar-refractivity contribution >= 4 is 32.7 Å². The molecule has 214 valence electrons. The fraction of sp³-hybridized carbons (Fsp3) is 0.357. The quantitative estimate of drug-likeness (QED) is 0.323. The Morgan fingerprint density at radius 3 is 2.63 bits per heavy atom. The van der Waals surface area contributed by atoms with E-state index in [0.29, 0.717) is 48.7 Å². The number of hydrogen-bond acceptors (Lipinski definition) is 8. The fourth-order valence-electron chi connectivity index (χ4n) is 5.14. The summed E-state index contributed by atoms with van der Waals surface area (Å²) in [5.74, 6) is 0.723. The highest BCUT2D eigenvalue weighted by Crippen LogP contribution is 2.33. The monoisotopic (exact) mass is 578 g/mol. The number of benzene rings is 2. The van der Waals surface area contributed by atoms with Crippen LogP contribution in [0, 0.1) is 5.92 Å². The predicted octanol–water partition coefficient (Wildman–Crippen LogP) is 2.16. The zero-order valence-corrected chi connectivity index (χ0v) is 23.2. The van der Waals surface area contributed by atoms with E-state index in [-0.39, 0.29) is 34.2 Å². The third kappa shape index (κ3) is 5.42. The molecule has 6 rings (SSSR count). The average Bonchev–Trinajstić information content (AvgIpc) is 3.73. The van der Waals surface area contributed by atoms with Crippen LogP contribution in [-0.2, 0) is 21.4 Å². The first-order valence-electron chi connectivity index (χ1n) is 13.4. The van der Waals surface area contributed by atoms with Gasteiger partial charge in [0.1, 0.15) is 17.5 Å². The van der Waals surface area contributed by atoms with Crippen molar-refractivity contribution in [1.82, 2.24) is 24.2 Å². The molecule has 1 saturated heterocycles. The smallest absolute Gasteiger partial charge is 0.264 e. The van der Waals surface area contributed by atoms with Crippen molar-refractivity contribution < 1.29 is 23.1 Å². The van der Waals surface area contributed by atoms with Crippen molar-refractivity contribution in [2.75, 3.05) is 24.9 Å². The molecule has 2 aromatic carbocycles. The minimum atomic E-state index is -3.89. The molecule has 2 fully saturated rings. The van der Waals surface area contributed by atoms with Gasteiger partial charge in [0.15, 0.2) is 5.65 Å². The first-order chi connectivity index (χ1) is 19.7. The van der Waals surface area contributed by atoms with E-state index in [1.807, 2.05) is 4.90 Å². The molecule has 2 aromatic heterocycles. The molecule has 0 atom stereocenters. The number of piperidine rings is 1. The van der Waals surface area contributed by atoms with Gasteiger partial charge in [-0.25, -0.2) is 18.1 Å². The van der Waals surface area contributed by atoms with Crippen molar-refractivity contribution in [3.63, 3.8) is 0 Å². The van der Waals surface area contributed by atoms with Crippen molar-refractivity contribution in [2.45, 2.75) is 42.7 Å². The minimum Gasteiger partial charge on any atom is -0.497 e. The molecule has 2 N–H and O–H groups in total. The number of methoxy groups -OCH3 is 1. The van der Waals surface area contributed by atoms with Gasteiger partial charge in [0.05, 0.1) is 41.7 Å². The molecular formula is C28H30N6O6S. The lowest BCUT2D eigenvalue weighted by Gasteiger charge is -2.38. The van der Waals surface area contributed by atoms with Gasteiger partial charge in [0.2, 0.25) is 5.91 Å². The van der Waals surface area contributed by atoms with E-state index in [2.05, 4.69) is 14.8 Å². The molecule has 0 spiro atoms. The Morgan fingerprint density at radius 1 is 1.15 bits per heavy atom. The topological polar surface area (TPSA) is 149 Å². The molecule has 3 heterocycles. The number of hydrogen-bond donors (Lipinski definition) is 2. The second-order valence-electron chi connectivity index (χ2n) is 10.6. The average molecular weight is 579 g/mol. The van der Waals surface area contributed by atoms with Crippen molar-refractivity contribution in [3.05, 3.63) is 71.4 Å². The van der Waals surface area contributed by atoms with Gasteiger partial charge in [-0.15, -0.1) is 0 Å². The molecule has 0 unspecified atom stereocenters. The van der Waals surface area contributed by atoms with Gasteiger partial charge in [-0.05, 0) is 56.0 Å². The number of carbonyl (C=O) groups excluding carboxylic acids is 1. The van der Waals surface area contributed by atoms with Crippen molar-refractivity contribution in [2.24, 2.45) is 5.92 Å². The van der Waals surface area contributed by atoms with Gasteiger partial charge >= 0.3 is 0 Å². The highest BCUT2D eigenvalue weighted by atomic mass is 32.2. The first kappa shape index (κ1) is 27.0. The summed E-state index contributed by atoms with van der Waals surface area (Å²) in [4.78, 5) is 32.0. The number of rotatable bonds is 8. The van der Waals surface area contributed by atoms with Crippen LogP contribution >= 0.6 is 0 Å². The molecule has 2 aliphatic rings. The van der Waals surface area contributed by atoms with E-state index in [1.165, 1.54) is 41.0 Å². The maximum absolute atomic E-state index is 13.3. The van der Waals surface area contributed by atoms with Gasteiger partial charge in [0.25, 0.3) is 15.6 Å². The number of aliphatic hydroxyl groups is 1. The molecule has 0 bridgehead atoms. The van der Waals surface area contributed by atoms with Crippen LogP contribution in [-0.4, -0.2) is 69.5 Å². The van der Waals surface area contributed by atoms with Gasteiger partial charge in [0, 0.05) is 25.1 Å². The Balaban J connectivity index is 1.21. The molecular weight excluding hydrogens is 548 g/mol. The second kappa shape index (κ2) is 10.3. The summed E-state index contributed by atoms with van der Waals surface area (Å²) in [5, 5.41) is 15.8. The Morgan fingerprint density at radius 2 is 1.90 bits per heavy atom. The Hall–Kier alpha value is -4.23. The van der Waals surface area contributed by atoms with E-state index >= 15 is 0 Å². The molecule has 13 heteroatoms. The van der Waals surface area contributed by atoms with Crippen molar-refractivity contribution in [3.8, 4) is 11.4 Å². The summed E-state index contributed by atoms with van der Waals surface area (Å²) < 4.78 is 36.4. The van der Waals surface area contributed by atoms with E-state index < -0.39 is 15.6 Å². The Kier molecular flexibility index (Phi) is 6.78. The summed E-state index contributed by atoms with van der Waals surface area (Å²) >= 11 is 0. The van der Waals surface area contributed by atoms with E-state index in [9.17, 15) is 23.1 Å². The number of nitrogens with zero attached hydrogens (tertiary/aromatic N) is 5. The number of carbonyl (C=O) groups is 1. The van der Waals surface area contributed by atoms with Crippen LogP contribution < -0.4 is 15.0 Å². The lowest BCUT2D eigenvalue weighted by molar-refractivity contribution is -0.137. The lowest BCUT2D eigenvalue weighted by atomic mass is 9.91. The van der Waals surface area contributed by atoms with Crippen LogP contribution in [0.4, 0.5) is 5.69 Å². The summed E-state index contributed by atoms with van der Waals surface area (Å²) in [6.45, 7) is 0.991. The van der Waals surface area contributed by atoms with Crippen molar-refractivity contribution in [1.29, 1.82) is 0 Å². The number of fused-ring (bicyclic) bond motifs is 1. The molecule has 12 nitrogen and oxygen atoms in total. The van der Waals surface area contributed by atoms with Gasteiger partial charge < -0.3 is 14.7 Å². The number of anilines is 1. The molecule has 0 radical (unpaired) electrons. The standard InChI is InChI=1S/C28H30N6O6S/c1-40-22-6-3-7-23(15-22)41(38,39)31-20-4-2-5-21(14-20)34-25-24(16-30-34)27(36)33(18-29-25)17-28(37)10-12-32(13-11-28)26(35)19-8-9-19/h2-7,14-16,18-19,31,37H,8-13,17H2,1H3. The number of ether oxygens (including phenoxy) is 1. The zero-order chi connectivity index (χ0) is 28.8. The maximum atomic E-state index is 13.3. The van der Waals surface area contributed by atoms with Crippen LogP contribution in [0.25, 0.3) is 16.7 Å². The Labute approximate surface area is 236 Å². The van der Waals surface area contributed by atoms with Gasteiger partial charge in [-0.1, -0.05) is 12.1 Å². The number of nitrogens with one attached hydrogen (secondary N) is 1. The summed E-state index contributed by atoms with van der Waals surface area (Å²) in [6.07, 6.45) is 5.45. The van der Waals surface area contributed by atoms with Gasteiger partial charge in [-0.3, -0.25) is 18.9 Å². The van der Waals surface area contributed by atoms with E-state index in [1.54, 1.807) is 36.4 Å². The highest BCUT2D eigenvalue weighted by Gasteiger charge is 2.39. The number of likely N-dealkylation sites (tertiary alicyclic amines) is 1. The highest BCUT2D eigenvalue weighted by molar-refractivity contribution is 7.92. The minimum absolute atomic E-state index is 0.0517. The number of aromatic nitrogens is 4.